The lowest BCUT2D eigenvalue weighted by molar-refractivity contribution is 0.647. The number of nitrogens with two attached hydrogens (primary N) is 1. The molecule has 1 aromatic rings. The predicted octanol–water partition coefficient (Wildman–Crippen LogP) is 1.96. The van der Waals surface area contributed by atoms with Gasteiger partial charge < -0.3 is 5.73 Å². The monoisotopic (exact) mass is 165 g/mol. The van der Waals surface area contributed by atoms with Crippen molar-refractivity contribution in [1.82, 2.24) is 9.97 Å². The molecule has 2 N–H and O–H groups in total. The maximum atomic E-state index is 5.68. The molecule has 0 fully saturated rings. The molecule has 0 aliphatic heterocycles. The molecule has 0 bridgehead atoms. The second kappa shape index (κ2) is 4.04. The van der Waals surface area contributed by atoms with Gasteiger partial charge in [0.25, 0.3) is 0 Å². The summed E-state index contributed by atoms with van der Waals surface area (Å²) < 4.78 is 0. The average molecular weight is 165 g/mol. The van der Waals surface area contributed by atoms with Crippen molar-refractivity contribution in [2.75, 3.05) is 5.73 Å². The number of aromatic nitrogens is 2. The third kappa shape index (κ3) is 1.94. The minimum absolute atomic E-state index is 0.420. The normalized spacial score (nSPS) is 12.8. The molecule has 1 unspecified atom stereocenters. The molecule has 1 atom stereocenters. The van der Waals surface area contributed by atoms with Gasteiger partial charge in [-0.25, -0.2) is 4.98 Å². The van der Waals surface area contributed by atoms with Crippen LogP contribution in [0, 0.1) is 0 Å². The van der Waals surface area contributed by atoms with Gasteiger partial charge in [-0.05, 0) is 6.42 Å². The van der Waals surface area contributed by atoms with Gasteiger partial charge in [0.15, 0.2) is 0 Å². The first kappa shape index (κ1) is 8.97. The molecule has 0 radical (unpaired) electrons. The Hall–Kier alpha value is -1.12. The van der Waals surface area contributed by atoms with Crippen molar-refractivity contribution in [2.45, 2.75) is 32.6 Å². The van der Waals surface area contributed by atoms with Crippen LogP contribution in [0.4, 0.5) is 5.82 Å². The minimum Gasteiger partial charge on any atom is -0.382 e. The highest BCUT2D eigenvalue weighted by atomic mass is 14.9. The fraction of sp³-hybridized carbons (Fsp3) is 0.556. The lowest BCUT2D eigenvalue weighted by Crippen LogP contribution is -2.03. The highest BCUT2D eigenvalue weighted by Gasteiger charge is 2.09. The van der Waals surface area contributed by atoms with Crippen molar-refractivity contribution < 1.29 is 0 Å². The van der Waals surface area contributed by atoms with Gasteiger partial charge >= 0.3 is 0 Å². The van der Waals surface area contributed by atoms with E-state index in [4.69, 9.17) is 5.73 Å². The Labute approximate surface area is 73.0 Å². The zero-order valence-electron chi connectivity index (χ0n) is 7.62. The van der Waals surface area contributed by atoms with Crippen LogP contribution in [0.2, 0.25) is 0 Å². The van der Waals surface area contributed by atoms with Crippen molar-refractivity contribution in [3.05, 3.63) is 18.1 Å². The van der Waals surface area contributed by atoms with E-state index in [1.165, 1.54) is 0 Å². The summed E-state index contributed by atoms with van der Waals surface area (Å²) in [5.41, 5.74) is 6.61. The minimum atomic E-state index is 0.420. The van der Waals surface area contributed by atoms with E-state index in [1.807, 2.05) is 0 Å². The van der Waals surface area contributed by atoms with Gasteiger partial charge in [0, 0.05) is 18.3 Å². The highest BCUT2D eigenvalue weighted by Crippen LogP contribution is 2.21. The summed E-state index contributed by atoms with van der Waals surface area (Å²) in [6.07, 6.45) is 5.58. The molecule has 0 aliphatic rings. The van der Waals surface area contributed by atoms with Gasteiger partial charge in [-0.1, -0.05) is 20.3 Å². The van der Waals surface area contributed by atoms with Crippen LogP contribution in [0.1, 0.15) is 38.3 Å². The summed E-state index contributed by atoms with van der Waals surface area (Å²) in [6.45, 7) is 4.28. The SMILES string of the molecule is CCCC(C)c1nccnc1N. The van der Waals surface area contributed by atoms with Crippen molar-refractivity contribution in [3.63, 3.8) is 0 Å². The molecular formula is C9H15N3. The van der Waals surface area contributed by atoms with E-state index in [0.717, 1.165) is 18.5 Å². The number of hydrogen-bond donors (Lipinski definition) is 1. The van der Waals surface area contributed by atoms with Crippen molar-refractivity contribution in [2.24, 2.45) is 0 Å². The number of anilines is 1. The van der Waals surface area contributed by atoms with E-state index < -0.39 is 0 Å². The summed E-state index contributed by atoms with van der Waals surface area (Å²) >= 11 is 0. The van der Waals surface area contributed by atoms with E-state index in [0.29, 0.717) is 11.7 Å². The Morgan fingerprint density at radius 1 is 1.42 bits per heavy atom. The fourth-order valence-electron chi connectivity index (χ4n) is 1.31. The zero-order valence-corrected chi connectivity index (χ0v) is 7.62. The molecule has 3 nitrogen and oxygen atoms in total. The van der Waals surface area contributed by atoms with Crippen LogP contribution in [0.15, 0.2) is 12.4 Å². The smallest absolute Gasteiger partial charge is 0.145 e. The molecular weight excluding hydrogens is 150 g/mol. The summed E-state index contributed by atoms with van der Waals surface area (Å²) in [5.74, 6) is 0.988. The summed E-state index contributed by atoms with van der Waals surface area (Å²) in [7, 11) is 0. The van der Waals surface area contributed by atoms with Gasteiger partial charge in [0.05, 0.1) is 5.69 Å². The van der Waals surface area contributed by atoms with Gasteiger partial charge in [0.1, 0.15) is 5.82 Å². The Morgan fingerprint density at radius 3 is 2.67 bits per heavy atom. The quantitative estimate of drug-likeness (QED) is 0.744. The molecule has 0 aromatic carbocycles. The van der Waals surface area contributed by atoms with Crippen LogP contribution in [-0.4, -0.2) is 9.97 Å². The second-order valence-electron chi connectivity index (χ2n) is 3.02. The molecule has 1 rings (SSSR count). The number of nitrogens with zero attached hydrogens (tertiary/aromatic N) is 2. The van der Waals surface area contributed by atoms with E-state index in [2.05, 4.69) is 23.8 Å². The Kier molecular flexibility index (Phi) is 3.02. The molecule has 66 valence electrons. The van der Waals surface area contributed by atoms with Crippen molar-refractivity contribution in [3.8, 4) is 0 Å². The molecule has 0 saturated heterocycles. The molecule has 12 heavy (non-hydrogen) atoms. The van der Waals surface area contributed by atoms with E-state index >= 15 is 0 Å². The fourth-order valence-corrected chi connectivity index (χ4v) is 1.31. The molecule has 1 aromatic heterocycles. The Morgan fingerprint density at radius 2 is 2.08 bits per heavy atom. The first-order valence-corrected chi connectivity index (χ1v) is 4.32. The standard InChI is InChI=1S/C9H15N3/c1-3-4-7(2)8-9(10)12-6-5-11-8/h5-7H,3-4H2,1-2H3,(H2,10,12). The van der Waals surface area contributed by atoms with Crippen molar-refractivity contribution >= 4 is 5.82 Å². The molecule has 0 saturated carbocycles. The third-order valence-corrected chi connectivity index (χ3v) is 1.94. The molecule has 0 spiro atoms. The summed E-state index contributed by atoms with van der Waals surface area (Å²) in [6, 6.07) is 0. The Bertz CT molecular complexity index is 247. The number of rotatable bonds is 3. The van der Waals surface area contributed by atoms with E-state index in [1.54, 1.807) is 12.4 Å². The van der Waals surface area contributed by atoms with Crippen LogP contribution in [0.5, 0.6) is 0 Å². The van der Waals surface area contributed by atoms with E-state index in [-0.39, 0.29) is 0 Å². The number of nitrogen functional groups attached to an aromatic ring is 1. The predicted molar refractivity (Wildman–Crippen MR) is 49.8 cm³/mol. The maximum absolute atomic E-state index is 5.68. The number of hydrogen-bond acceptors (Lipinski definition) is 3. The van der Waals surface area contributed by atoms with Crippen molar-refractivity contribution in [1.29, 1.82) is 0 Å². The first-order chi connectivity index (χ1) is 5.75. The summed E-state index contributed by atoms with van der Waals surface area (Å²) in [4.78, 5) is 8.21. The topological polar surface area (TPSA) is 51.8 Å². The largest absolute Gasteiger partial charge is 0.382 e. The first-order valence-electron chi connectivity index (χ1n) is 4.32. The average Bonchev–Trinajstić information content (AvgIpc) is 2.05. The molecule has 1 heterocycles. The summed E-state index contributed by atoms with van der Waals surface area (Å²) in [5, 5.41) is 0. The van der Waals surface area contributed by atoms with Crippen LogP contribution in [-0.2, 0) is 0 Å². The lowest BCUT2D eigenvalue weighted by Gasteiger charge is -2.09. The van der Waals surface area contributed by atoms with Gasteiger partial charge in [0.2, 0.25) is 0 Å². The second-order valence-corrected chi connectivity index (χ2v) is 3.02. The van der Waals surface area contributed by atoms with Crippen LogP contribution in [0.25, 0.3) is 0 Å². The third-order valence-electron chi connectivity index (χ3n) is 1.94. The van der Waals surface area contributed by atoms with Gasteiger partial charge in [-0.2, -0.15) is 0 Å². The van der Waals surface area contributed by atoms with Gasteiger partial charge in [-0.15, -0.1) is 0 Å². The van der Waals surface area contributed by atoms with Gasteiger partial charge in [-0.3, -0.25) is 4.98 Å². The molecule has 3 heteroatoms. The van der Waals surface area contributed by atoms with Crippen LogP contribution in [0.3, 0.4) is 0 Å². The van der Waals surface area contributed by atoms with E-state index in [9.17, 15) is 0 Å². The maximum Gasteiger partial charge on any atom is 0.145 e. The molecule has 0 aliphatic carbocycles. The van der Waals surface area contributed by atoms with Crippen LogP contribution >= 0.6 is 0 Å². The Balaban J connectivity index is 2.79. The van der Waals surface area contributed by atoms with Crippen LogP contribution < -0.4 is 5.73 Å². The zero-order chi connectivity index (χ0) is 8.97. The lowest BCUT2D eigenvalue weighted by atomic mass is 10.0. The molecule has 0 amide bonds. The highest BCUT2D eigenvalue weighted by molar-refractivity contribution is 5.35.